The van der Waals surface area contributed by atoms with Crippen molar-refractivity contribution in [3.05, 3.63) is 0 Å². The Kier molecular flexibility index (Phi) is 8.32. The molecule has 4 rings (SSSR count). The maximum Gasteiger partial charge on any atom is 0.323 e. The van der Waals surface area contributed by atoms with Crippen LogP contribution in [0.5, 0.6) is 0 Å². The standard InChI is InChI=1S/C31H54N2O6/c1-11-31(12-2,25(34)38-21-13-27(3,4)32(17-23-19-36-23)28(5,6)14-21)26(35)39-22-15-29(7,8)33(18-24-20-37-24)30(9,10)16-22/h21-24H,11-20H2,1-10H3. The van der Waals surface area contributed by atoms with Gasteiger partial charge in [0, 0.05) is 60.9 Å². The van der Waals surface area contributed by atoms with Gasteiger partial charge in [-0.05, 0) is 68.2 Å². The summed E-state index contributed by atoms with van der Waals surface area (Å²) in [6, 6.07) is 0. The molecule has 0 spiro atoms. The second-order valence-electron chi connectivity index (χ2n) is 15.0. The first kappa shape index (κ1) is 30.7. The lowest BCUT2D eigenvalue weighted by atomic mass is 9.77. The van der Waals surface area contributed by atoms with Gasteiger partial charge >= 0.3 is 11.9 Å². The van der Waals surface area contributed by atoms with Gasteiger partial charge in [0.1, 0.15) is 12.2 Å². The third-order valence-electron chi connectivity index (χ3n) is 9.94. The highest BCUT2D eigenvalue weighted by Crippen LogP contribution is 2.44. The van der Waals surface area contributed by atoms with Crippen molar-refractivity contribution in [1.82, 2.24) is 9.80 Å². The number of carbonyl (C=O) groups excluding carboxylic acids is 2. The van der Waals surface area contributed by atoms with E-state index in [1.807, 2.05) is 13.8 Å². The number of ether oxygens (including phenoxy) is 4. The zero-order valence-electron chi connectivity index (χ0n) is 26.2. The van der Waals surface area contributed by atoms with E-state index in [1.54, 1.807) is 0 Å². The minimum atomic E-state index is -1.29. The molecule has 224 valence electrons. The van der Waals surface area contributed by atoms with Crippen LogP contribution < -0.4 is 0 Å². The Morgan fingerprint density at radius 2 is 0.949 bits per heavy atom. The van der Waals surface area contributed by atoms with Gasteiger partial charge in [0.15, 0.2) is 5.41 Å². The highest BCUT2D eigenvalue weighted by molar-refractivity contribution is 6.00. The van der Waals surface area contributed by atoms with Gasteiger partial charge in [0.05, 0.1) is 25.4 Å². The van der Waals surface area contributed by atoms with Crippen LogP contribution >= 0.6 is 0 Å². The van der Waals surface area contributed by atoms with E-state index in [1.165, 1.54) is 0 Å². The van der Waals surface area contributed by atoms with Crippen LogP contribution in [-0.4, -0.2) is 94.6 Å². The molecule has 0 aromatic carbocycles. The smallest absolute Gasteiger partial charge is 0.323 e. The van der Waals surface area contributed by atoms with Gasteiger partial charge in [0.25, 0.3) is 0 Å². The summed E-state index contributed by atoms with van der Waals surface area (Å²) < 4.78 is 23.5. The zero-order valence-corrected chi connectivity index (χ0v) is 26.2. The van der Waals surface area contributed by atoms with Gasteiger partial charge in [-0.1, -0.05) is 13.8 Å². The molecule has 8 nitrogen and oxygen atoms in total. The number of carbonyl (C=O) groups is 2. The monoisotopic (exact) mass is 550 g/mol. The summed E-state index contributed by atoms with van der Waals surface area (Å²) in [7, 11) is 0. The van der Waals surface area contributed by atoms with E-state index in [0.717, 1.165) is 52.0 Å². The first-order valence-corrected chi connectivity index (χ1v) is 15.2. The van der Waals surface area contributed by atoms with Gasteiger partial charge in [0.2, 0.25) is 0 Å². The molecule has 0 N–H and O–H groups in total. The molecule has 8 heteroatoms. The second-order valence-corrected chi connectivity index (χ2v) is 15.0. The lowest BCUT2D eigenvalue weighted by molar-refractivity contribution is -0.189. The summed E-state index contributed by atoms with van der Waals surface area (Å²) in [4.78, 5) is 32.6. The molecule has 0 amide bonds. The van der Waals surface area contributed by atoms with Gasteiger partial charge in [-0.15, -0.1) is 0 Å². The Morgan fingerprint density at radius 3 is 1.18 bits per heavy atom. The number of rotatable bonds is 10. The maximum atomic E-state index is 13.8. The fourth-order valence-electron chi connectivity index (χ4n) is 7.80. The van der Waals surface area contributed by atoms with E-state index < -0.39 is 17.4 Å². The third kappa shape index (κ3) is 6.49. The van der Waals surface area contributed by atoms with Crippen molar-refractivity contribution >= 4 is 11.9 Å². The van der Waals surface area contributed by atoms with E-state index in [9.17, 15) is 9.59 Å². The Morgan fingerprint density at radius 1 is 0.667 bits per heavy atom. The molecule has 4 aliphatic heterocycles. The normalized spacial score (nSPS) is 30.5. The molecule has 2 atom stereocenters. The van der Waals surface area contributed by atoms with Crippen LogP contribution in [0.15, 0.2) is 0 Å². The van der Waals surface area contributed by atoms with E-state index >= 15 is 0 Å². The number of nitrogens with zero attached hydrogens (tertiary/aromatic N) is 2. The van der Waals surface area contributed by atoms with Gasteiger partial charge in [-0.2, -0.15) is 0 Å². The van der Waals surface area contributed by atoms with E-state index in [2.05, 4.69) is 65.2 Å². The van der Waals surface area contributed by atoms with Crippen LogP contribution in [0, 0.1) is 5.41 Å². The molecule has 0 aromatic rings. The van der Waals surface area contributed by atoms with Crippen molar-refractivity contribution in [3.63, 3.8) is 0 Å². The van der Waals surface area contributed by atoms with Crippen molar-refractivity contribution in [2.45, 2.75) is 154 Å². The van der Waals surface area contributed by atoms with Crippen molar-refractivity contribution in [2.75, 3.05) is 26.3 Å². The van der Waals surface area contributed by atoms with Gasteiger partial charge in [-0.25, -0.2) is 0 Å². The van der Waals surface area contributed by atoms with Crippen LogP contribution in [0.4, 0.5) is 0 Å². The number of hydrogen-bond donors (Lipinski definition) is 0. The number of epoxide rings is 2. The molecule has 0 aromatic heterocycles. The summed E-state index contributed by atoms with van der Waals surface area (Å²) in [5, 5.41) is 0. The Hall–Kier alpha value is -1.22. The molecular weight excluding hydrogens is 496 g/mol. The van der Waals surface area contributed by atoms with Crippen LogP contribution in [0.3, 0.4) is 0 Å². The predicted molar refractivity (Wildman–Crippen MR) is 150 cm³/mol. The van der Waals surface area contributed by atoms with Crippen LogP contribution in [-0.2, 0) is 28.5 Å². The molecule has 0 radical (unpaired) electrons. The minimum absolute atomic E-state index is 0.156. The Labute approximate surface area is 236 Å². The number of hydrogen-bond acceptors (Lipinski definition) is 8. The Balaban J connectivity index is 1.44. The largest absolute Gasteiger partial charge is 0.461 e. The summed E-state index contributed by atoms with van der Waals surface area (Å²) in [5.41, 5.74) is -1.91. The molecule has 0 aliphatic carbocycles. The van der Waals surface area contributed by atoms with Crippen molar-refractivity contribution in [2.24, 2.45) is 5.41 Å². The molecule has 39 heavy (non-hydrogen) atoms. The van der Waals surface area contributed by atoms with E-state index in [0.29, 0.717) is 25.0 Å². The molecule has 4 saturated heterocycles. The van der Waals surface area contributed by atoms with Gasteiger partial charge < -0.3 is 18.9 Å². The summed E-state index contributed by atoms with van der Waals surface area (Å²) in [6.45, 7) is 24.9. The molecule has 0 bridgehead atoms. The maximum absolute atomic E-state index is 13.8. The fraction of sp³-hybridized carbons (Fsp3) is 0.935. The molecule has 4 fully saturated rings. The first-order valence-electron chi connectivity index (χ1n) is 15.2. The van der Waals surface area contributed by atoms with Gasteiger partial charge in [-0.3, -0.25) is 19.4 Å². The summed E-state index contributed by atoms with van der Waals surface area (Å²) in [6.07, 6.45) is 3.69. The fourth-order valence-corrected chi connectivity index (χ4v) is 7.80. The molecule has 4 heterocycles. The molecule has 0 saturated carbocycles. The average Bonchev–Trinajstić information content (AvgIpc) is 3.69. The van der Waals surface area contributed by atoms with Crippen LogP contribution in [0.25, 0.3) is 0 Å². The highest BCUT2D eigenvalue weighted by Gasteiger charge is 2.54. The van der Waals surface area contributed by atoms with E-state index in [4.69, 9.17) is 18.9 Å². The number of likely N-dealkylation sites (tertiary alicyclic amines) is 2. The van der Waals surface area contributed by atoms with Crippen LogP contribution in [0.1, 0.15) is 108 Å². The quantitative estimate of drug-likeness (QED) is 0.220. The predicted octanol–water partition coefficient (Wildman–Crippen LogP) is 4.72. The SMILES string of the molecule is CCC(CC)(C(=O)OC1CC(C)(C)N(CC2CO2)C(C)(C)C1)C(=O)OC1CC(C)(C)N(CC2CO2)C(C)(C)C1. The highest BCUT2D eigenvalue weighted by atomic mass is 16.6. The number of piperidine rings is 2. The molecular formula is C31H54N2O6. The zero-order chi connectivity index (χ0) is 29.0. The topological polar surface area (TPSA) is 84.1 Å². The van der Waals surface area contributed by atoms with E-state index in [-0.39, 0.29) is 34.4 Å². The lowest BCUT2D eigenvalue weighted by Gasteiger charge is -2.55. The third-order valence-corrected chi connectivity index (χ3v) is 9.94. The Bertz CT molecular complexity index is 810. The average molecular weight is 551 g/mol. The lowest BCUT2D eigenvalue weighted by Crippen LogP contribution is -2.64. The second kappa shape index (κ2) is 10.6. The van der Waals surface area contributed by atoms with Crippen molar-refractivity contribution in [3.8, 4) is 0 Å². The van der Waals surface area contributed by atoms with Crippen LogP contribution in [0.2, 0.25) is 0 Å². The number of esters is 2. The molecule has 2 unspecified atom stereocenters. The minimum Gasteiger partial charge on any atom is -0.461 e. The summed E-state index contributed by atoms with van der Waals surface area (Å²) >= 11 is 0. The van der Waals surface area contributed by atoms with Crippen molar-refractivity contribution < 1.29 is 28.5 Å². The van der Waals surface area contributed by atoms with Crippen molar-refractivity contribution in [1.29, 1.82) is 0 Å². The first-order chi connectivity index (χ1) is 18.0. The summed E-state index contributed by atoms with van der Waals surface area (Å²) in [5.74, 6) is -0.871. The molecule has 4 aliphatic rings.